The van der Waals surface area contributed by atoms with Gasteiger partial charge in [-0.15, -0.1) is 5.10 Å². The number of aliphatic hydroxyl groups excluding tert-OH is 1. The average molecular weight is 306 g/mol. The molecule has 0 atom stereocenters. The lowest BCUT2D eigenvalue weighted by atomic mass is 10.0. The molecule has 0 aliphatic heterocycles. The van der Waals surface area contributed by atoms with E-state index in [9.17, 15) is 0 Å². The SMILES string of the molecule is OCCC1(CNc2nn3cc(C4CCCC4)nc3s2)CC1. The Balaban J connectivity index is 1.43. The maximum Gasteiger partial charge on any atom is 0.214 e. The zero-order valence-corrected chi connectivity index (χ0v) is 13.0. The number of nitrogens with one attached hydrogen (secondary N) is 1. The number of anilines is 1. The highest BCUT2D eigenvalue weighted by atomic mass is 32.1. The van der Waals surface area contributed by atoms with Gasteiger partial charge in [0.15, 0.2) is 0 Å². The number of rotatable bonds is 6. The fraction of sp³-hybridized carbons (Fsp3) is 0.733. The molecule has 0 spiro atoms. The Morgan fingerprint density at radius 2 is 2.19 bits per heavy atom. The Morgan fingerprint density at radius 3 is 2.86 bits per heavy atom. The minimum absolute atomic E-state index is 0.285. The third kappa shape index (κ3) is 2.66. The molecule has 0 saturated heterocycles. The molecule has 0 amide bonds. The molecule has 2 fully saturated rings. The molecule has 0 bridgehead atoms. The van der Waals surface area contributed by atoms with Gasteiger partial charge in [0.2, 0.25) is 10.1 Å². The van der Waals surface area contributed by atoms with Crippen LogP contribution in [0.25, 0.3) is 4.96 Å². The predicted molar refractivity (Wildman–Crippen MR) is 83.9 cm³/mol. The van der Waals surface area contributed by atoms with E-state index in [-0.39, 0.29) is 6.61 Å². The first kappa shape index (κ1) is 13.5. The number of hydrogen-bond acceptors (Lipinski definition) is 5. The zero-order chi connectivity index (χ0) is 14.3. The van der Waals surface area contributed by atoms with Crippen LogP contribution in [0.5, 0.6) is 0 Å². The van der Waals surface area contributed by atoms with E-state index in [4.69, 9.17) is 10.1 Å². The summed E-state index contributed by atoms with van der Waals surface area (Å²) in [7, 11) is 0. The van der Waals surface area contributed by atoms with Crippen LogP contribution in [0.1, 0.15) is 56.6 Å². The molecule has 2 aliphatic rings. The van der Waals surface area contributed by atoms with Gasteiger partial charge >= 0.3 is 0 Å². The average Bonchev–Trinajstić information content (AvgIpc) is 2.89. The van der Waals surface area contributed by atoms with Gasteiger partial charge in [0.1, 0.15) is 0 Å². The summed E-state index contributed by atoms with van der Waals surface area (Å²) < 4.78 is 1.92. The summed E-state index contributed by atoms with van der Waals surface area (Å²) in [6.45, 7) is 1.20. The van der Waals surface area contributed by atoms with Crippen LogP contribution in [0.3, 0.4) is 0 Å². The lowest BCUT2D eigenvalue weighted by molar-refractivity contribution is 0.253. The van der Waals surface area contributed by atoms with Gasteiger partial charge in [-0.2, -0.15) is 0 Å². The molecule has 0 radical (unpaired) electrons. The van der Waals surface area contributed by atoms with Crippen molar-refractivity contribution < 1.29 is 5.11 Å². The molecule has 5 nitrogen and oxygen atoms in total. The number of hydrogen-bond donors (Lipinski definition) is 2. The number of imidazole rings is 1. The monoisotopic (exact) mass is 306 g/mol. The number of nitrogens with zero attached hydrogens (tertiary/aromatic N) is 3. The van der Waals surface area contributed by atoms with E-state index in [0.29, 0.717) is 11.3 Å². The Hall–Kier alpha value is -1.14. The van der Waals surface area contributed by atoms with E-state index in [1.807, 2.05) is 4.52 Å². The predicted octanol–water partition coefficient (Wildman–Crippen LogP) is 3.02. The molecule has 2 heterocycles. The molecular formula is C15H22N4OS. The van der Waals surface area contributed by atoms with Gasteiger partial charge in [-0.3, -0.25) is 0 Å². The summed E-state index contributed by atoms with van der Waals surface area (Å²) in [5.74, 6) is 0.648. The molecule has 6 heteroatoms. The van der Waals surface area contributed by atoms with Crippen molar-refractivity contribution >= 4 is 21.4 Å². The molecule has 4 rings (SSSR count). The summed E-state index contributed by atoms with van der Waals surface area (Å²) in [5.41, 5.74) is 1.54. The maximum atomic E-state index is 9.10. The second-order valence-electron chi connectivity index (χ2n) is 6.61. The third-order valence-corrected chi connectivity index (χ3v) is 5.93. The highest BCUT2D eigenvalue weighted by Gasteiger charge is 2.41. The Labute approximate surface area is 128 Å². The Kier molecular flexibility index (Phi) is 3.38. The van der Waals surface area contributed by atoms with Crippen molar-refractivity contribution in [2.75, 3.05) is 18.5 Å². The highest BCUT2D eigenvalue weighted by molar-refractivity contribution is 7.20. The molecule has 114 valence electrons. The van der Waals surface area contributed by atoms with E-state index < -0.39 is 0 Å². The molecule has 2 aromatic heterocycles. The summed E-state index contributed by atoms with van der Waals surface area (Å²) in [6, 6.07) is 0. The van der Waals surface area contributed by atoms with Gasteiger partial charge in [-0.25, -0.2) is 9.50 Å². The summed E-state index contributed by atoms with van der Waals surface area (Å²) in [5, 5.41) is 18.1. The van der Waals surface area contributed by atoms with E-state index in [1.54, 1.807) is 11.3 Å². The van der Waals surface area contributed by atoms with Gasteiger partial charge in [0.05, 0.1) is 11.9 Å². The van der Waals surface area contributed by atoms with Gasteiger partial charge in [0.25, 0.3) is 0 Å². The van der Waals surface area contributed by atoms with Crippen molar-refractivity contribution in [3.8, 4) is 0 Å². The number of fused-ring (bicyclic) bond motifs is 1. The van der Waals surface area contributed by atoms with Crippen molar-refractivity contribution in [3.63, 3.8) is 0 Å². The van der Waals surface area contributed by atoms with Crippen molar-refractivity contribution in [2.45, 2.75) is 50.9 Å². The van der Waals surface area contributed by atoms with Crippen molar-refractivity contribution in [1.82, 2.24) is 14.6 Å². The van der Waals surface area contributed by atoms with E-state index >= 15 is 0 Å². The van der Waals surface area contributed by atoms with Crippen molar-refractivity contribution in [3.05, 3.63) is 11.9 Å². The van der Waals surface area contributed by atoms with Crippen LogP contribution in [-0.4, -0.2) is 32.9 Å². The first-order valence-electron chi connectivity index (χ1n) is 7.99. The fourth-order valence-corrected chi connectivity index (χ4v) is 4.18. The van der Waals surface area contributed by atoms with Gasteiger partial charge in [0, 0.05) is 19.1 Å². The lowest BCUT2D eigenvalue weighted by Crippen LogP contribution is -2.16. The van der Waals surface area contributed by atoms with E-state index in [0.717, 1.165) is 23.1 Å². The summed E-state index contributed by atoms with van der Waals surface area (Å²) >= 11 is 1.63. The molecule has 2 saturated carbocycles. The summed E-state index contributed by atoms with van der Waals surface area (Å²) in [6.07, 6.45) is 10.7. The van der Waals surface area contributed by atoms with Crippen LogP contribution < -0.4 is 5.32 Å². The quantitative estimate of drug-likeness (QED) is 0.861. The molecule has 2 N–H and O–H groups in total. The van der Waals surface area contributed by atoms with Gasteiger partial charge in [-0.05, 0) is 37.5 Å². The second kappa shape index (κ2) is 5.25. The lowest BCUT2D eigenvalue weighted by Gasteiger charge is -2.13. The molecule has 0 aromatic carbocycles. The zero-order valence-electron chi connectivity index (χ0n) is 12.2. The van der Waals surface area contributed by atoms with Crippen LogP contribution in [0.2, 0.25) is 0 Å². The smallest absolute Gasteiger partial charge is 0.214 e. The van der Waals surface area contributed by atoms with Gasteiger partial charge in [-0.1, -0.05) is 24.2 Å². The van der Waals surface area contributed by atoms with Crippen LogP contribution >= 0.6 is 11.3 Å². The van der Waals surface area contributed by atoms with Gasteiger partial charge < -0.3 is 10.4 Å². The Bertz CT molecular complexity index is 593. The van der Waals surface area contributed by atoms with Crippen LogP contribution in [0.15, 0.2) is 6.20 Å². The molecular weight excluding hydrogens is 284 g/mol. The largest absolute Gasteiger partial charge is 0.396 e. The maximum absolute atomic E-state index is 9.10. The molecule has 0 unspecified atom stereocenters. The topological polar surface area (TPSA) is 62.5 Å². The molecule has 2 aliphatic carbocycles. The Morgan fingerprint density at radius 1 is 1.38 bits per heavy atom. The second-order valence-corrected chi connectivity index (χ2v) is 7.56. The van der Waals surface area contributed by atoms with Crippen LogP contribution in [-0.2, 0) is 0 Å². The molecule has 21 heavy (non-hydrogen) atoms. The highest BCUT2D eigenvalue weighted by Crippen LogP contribution is 2.48. The number of aromatic nitrogens is 3. The minimum atomic E-state index is 0.285. The third-order valence-electron chi connectivity index (χ3n) is 5.05. The van der Waals surface area contributed by atoms with Crippen LogP contribution in [0, 0.1) is 5.41 Å². The standard InChI is InChI=1S/C15H22N4OS/c20-8-7-15(5-6-15)10-16-13-18-19-9-12(17-14(19)21-13)11-3-1-2-4-11/h9,11,20H,1-8,10H2,(H,16,18). The van der Waals surface area contributed by atoms with Crippen molar-refractivity contribution in [2.24, 2.45) is 5.41 Å². The van der Waals surface area contributed by atoms with E-state index in [1.165, 1.54) is 44.2 Å². The summed E-state index contributed by atoms with van der Waals surface area (Å²) in [4.78, 5) is 5.74. The first-order valence-corrected chi connectivity index (χ1v) is 8.81. The van der Waals surface area contributed by atoms with Crippen molar-refractivity contribution in [1.29, 1.82) is 0 Å². The number of aliphatic hydroxyl groups is 1. The normalized spacial score (nSPS) is 21.2. The minimum Gasteiger partial charge on any atom is -0.396 e. The van der Waals surface area contributed by atoms with E-state index in [2.05, 4.69) is 16.6 Å². The fourth-order valence-electron chi connectivity index (χ4n) is 3.40. The molecule has 2 aromatic rings. The van der Waals surface area contributed by atoms with Crippen LogP contribution in [0.4, 0.5) is 5.13 Å². The first-order chi connectivity index (χ1) is 10.3.